The fourth-order valence-electron chi connectivity index (χ4n) is 2.64. The number of aliphatic hydroxyl groups is 1. The van der Waals surface area contributed by atoms with Crippen LogP contribution in [0.5, 0.6) is 0 Å². The molecule has 1 fully saturated rings. The van der Waals surface area contributed by atoms with Crippen LogP contribution in [0.4, 0.5) is 0 Å². The summed E-state index contributed by atoms with van der Waals surface area (Å²) >= 11 is 0. The molecule has 0 amide bonds. The van der Waals surface area contributed by atoms with Crippen LogP contribution in [0.25, 0.3) is 0 Å². The molecule has 1 aliphatic carbocycles. The van der Waals surface area contributed by atoms with Crippen molar-refractivity contribution in [3.05, 3.63) is 11.8 Å². The van der Waals surface area contributed by atoms with Gasteiger partial charge in [-0.1, -0.05) is 19.8 Å². The van der Waals surface area contributed by atoms with E-state index in [-0.39, 0.29) is 6.10 Å². The van der Waals surface area contributed by atoms with Crippen LogP contribution in [-0.2, 0) is 4.74 Å². The molecule has 0 radical (unpaired) electrons. The molecular weight excluding hydrogens is 176 g/mol. The maximum absolute atomic E-state index is 10.2. The number of rotatable bonds is 2. The first-order chi connectivity index (χ1) is 6.79. The summed E-state index contributed by atoms with van der Waals surface area (Å²) in [7, 11) is 0. The van der Waals surface area contributed by atoms with Crippen LogP contribution in [-0.4, -0.2) is 17.8 Å². The van der Waals surface area contributed by atoms with Gasteiger partial charge in [0.1, 0.15) is 11.9 Å². The highest BCUT2D eigenvalue weighted by molar-refractivity contribution is 5.05. The van der Waals surface area contributed by atoms with E-state index in [1.165, 1.54) is 12.8 Å². The molecule has 14 heavy (non-hydrogen) atoms. The summed E-state index contributed by atoms with van der Waals surface area (Å²) < 4.78 is 5.51. The quantitative estimate of drug-likeness (QED) is 0.735. The molecule has 1 heterocycles. The molecule has 0 aromatic rings. The molecule has 2 heteroatoms. The fourth-order valence-corrected chi connectivity index (χ4v) is 2.64. The highest BCUT2D eigenvalue weighted by atomic mass is 16.5. The van der Waals surface area contributed by atoms with Gasteiger partial charge in [-0.05, 0) is 37.2 Å². The Labute approximate surface area is 86.0 Å². The third kappa shape index (κ3) is 1.95. The number of allylic oxidation sites excluding steroid dienone is 1. The molecule has 0 spiro atoms. The Morgan fingerprint density at radius 3 is 2.86 bits per heavy atom. The van der Waals surface area contributed by atoms with E-state index in [1.807, 2.05) is 0 Å². The lowest BCUT2D eigenvalue weighted by atomic mass is 9.90. The van der Waals surface area contributed by atoms with Crippen LogP contribution in [0.15, 0.2) is 11.8 Å². The van der Waals surface area contributed by atoms with Gasteiger partial charge in [-0.2, -0.15) is 0 Å². The van der Waals surface area contributed by atoms with Gasteiger partial charge in [0.25, 0.3) is 0 Å². The summed E-state index contributed by atoms with van der Waals surface area (Å²) in [6.45, 7) is 3.02. The van der Waals surface area contributed by atoms with Crippen molar-refractivity contribution in [3.8, 4) is 0 Å². The lowest BCUT2D eigenvalue weighted by Crippen LogP contribution is -2.27. The van der Waals surface area contributed by atoms with Crippen molar-refractivity contribution in [2.75, 3.05) is 6.61 Å². The second-order valence-corrected chi connectivity index (χ2v) is 4.61. The van der Waals surface area contributed by atoms with Crippen molar-refractivity contribution in [1.82, 2.24) is 0 Å². The first-order valence-corrected chi connectivity index (χ1v) is 5.80. The first-order valence-electron chi connectivity index (χ1n) is 5.80. The van der Waals surface area contributed by atoms with E-state index in [0.29, 0.717) is 11.8 Å². The zero-order chi connectivity index (χ0) is 9.97. The molecule has 3 atom stereocenters. The van der Waals surface area contributed by atoms with Gasteiger partial charge in [0.05, 0.1) is 6.61 Å². The summed E-state index contributed by atoms with van der Waals surface area (Å²) in [6, 6.07) is 0. The van der Waals surface area contributed by atoms with Crippen molar-refractivity contribution < 1.29 is 9.84 Å². The van der Waals surface area contributed by atoms with E-state index < -0.39 is 0 Å². The fraction of sp³-hybridized carbons (Fsp3) is 0.833. The molecule has 1 aliphatic heterocycles. The summed E-state index contributed by atoms with van der Waals surface area (Å²) in [5.41, 5.74) is 0. The number of aliphatic hydroxyl groups excluding tert-OH is 1. The van der Waals surface area contributed by atoms with Crippen LogP contribution in [0.1, 0.15) is 39.0 Å². The van der Waals surface area contributed by atoms with Crippen LogP contribution < -0.4 is 0 Å². The normalized spacial score (nSPS) is 34.9. The lowest BCUT2D eigenvalue weighted by Gasteiger charge is -2.26. The Bertz CT molecular complexity index is 222. The summed E-state index contributed by atoms with van der Waals surface area (Å²) in [5, 5.41) is 10.2. The molecule has 0 aromatic heterocycles. The Morgan fingerprint density at radius 1 is 1.43 bits per heavy atom. The topological polar surface area (TPSA) is 29.5 Å². The minimum absolute atomic E-state index is 0.340. The van der Waals surface area contributed by atoms with Crippen molar-refractivity contribution in [1.29, 1.82) is 0 Å². The van der Waals surface area contributed by atoms with Gasteiger partial charge in [-0.15, -0.1) is 0 Å². The molecule has 0 aromatic carbocycles. The first kappa shape index (κ1) is 10.0. The van der Waals surface area contributed by atoms with Gasteiger partial charge in [0, 0.05) is 0 Å². The van der Waals surface area contributed by atoms with Crippen molar-refractivity contribution in [2.45, 2.75) is 45.1 Å². The third-order valence-corrected chi connectivity index (χ3v) is 3.59. The zero-order valence-electron chi connectivity index (χ0n) is 8.91. The number of hydrogen-bond donors (Lipinski definition) is 1. The predicted octanol–water partition coefficient (Wildman–Crippen LogP) is 2.48. The molecule has 80 valence electrons. The average molecular weight is 196 g/mol. The van der Waals surface area contributed by atoms with Gasteiger partial charge in [0.2, 0.25) is 0 Å². The van der Waals surface area contributed by atoms with Gasteiger partial charge < -0.3 is 9.84 Å². The third-order valence-electron chi connectivity index (χ3n) is 3.59. The minimum Gasteiger partial charge on any atom is -0.495 e. The number of hydrogen-bond acceptors (Lipinski definition) is 2. The second kappa shape index (κ2) is 4.35. The largest absolute Gasteiger partial charge is 0.495 e. The van der Waals surface area contributed by atoms with E-state index in [0.717, 1.165) is 31.6 Å². The Morgan fingerprint density at radius 2 is 2.29 bits per heavy atom. The highest BCUT2D eigenvalue weighted by Gasteiger charge is 2.32. The monoisotopic (exact) mass is 196 g/mol. The van der Waals surface area contributed by atoms with Gasteiger partial charge in [-0.3, -0.25) is 0 Å². The molecule has 2 rings (SSSR count). The van der Waals surface area contributed by atoms with Crippen LogP contribution in [0.3, 0.4) is 0 Å². The average Bonchev–Trinajstić information content (AvgIpc) is 2.65. The van der Waals surface area contributed by atoms with E-state index in [2.05, 4.69) is 13.0 Å². The predicted molar refractivity (Wildman–Crippen MR) is 55.8 cm³/mol. The summed E-state index contributed by atoms with van der Waals surface area (Å²) in [6.07, 6.45) is 7.56. The standard InChI is InChI=1S/C12H20O2/c1-9-5-4-6-10(9)12(13)11-7-2-3-8-14-11/h7,9-10,12-13H,2-6,8H2,1H3. The zero-order valence-corrected chi connectivity index (χ0v) is 8.91. The maximum atomic E-state index is 10.2. The van der Waals surface area contributed by atoms with Crippen LogP contribution in [0, 0.1) is 11.8 Å². The van der Waals surface area contributed by atoms with E-state index in [9.17, 15) is 5.11 Å². The van der Waals surface area contributed by atoms with E-state index in [4.69, 9.17) is 4.74 Å². The van der Waals surface area contributed by atoms with Gasteiger partial charge in [0.15, 0.2) is 0 Å². The molecule has 2 aliphatic rings. The SMILES string of the molecule is CC1CCCC1C(O)C1=CCCCO1. The molecule has 2 nitrogen and oxygen atoms in total. The van der Waals surface area contributed by atoms with Crippen LogP contribution >= 0.6 is 0 Å². The Kier molecular flexibility index (Phi) is 3.12. The Balaban J connectivity index is 1.99. The smallest absolute Gasteiger partial charge is 0.121 e. The molecule has 1 N–H and O–H groups in total. The molecular formula is C12H20O2. The Hall–Kier alpha value is -0.500. The van der Waals surface area contributed by atoms with E-state index >= 15 is 0 Å². The van der Waals surface area contributed by atoms with Gasteiger partial charge >= 0.3 is 0 Å². The molecule has 3 unspecified atom stereocenters. The summed E-state index contributed by atoms with van der Waals surface area (Å²) in [4.78, 5) is 0. The molecule has 0 saturated heterocycles. The van der Waals surface area contributed by atoms with Crippen LogP contribution in [0.2, 0.25) is 0 Å². The van der Waals surface area contributed by atoms with Crippen molar-refractivity contribution >= 4 is 0 Å². The maximum Gasteiger partial charge on any atom is 0.121 e. The van der Waals surface area contributed by atoms with Gasteiger partial charge in [-0.25, -0.2) is 0 Å². The lowest BCUT2D eigenvalue weighted by molar-refractivity contribution is 0.0448. The summed E-state index contributed by atoms with van der Waals surface area (Å²) in [5.74, 6) is 1.92. The van der Waals surface area contributed by atoms with E-state index in [1.54, 1.807) is 0 Å². The molecule has 1 saturated carbocycles. The molecule has 0 bridgehead atoms. The second-order valence-electron chi connectivity index (χ2n) is 4.61. The van der Waals surface area contributed by atoms with Crippen molar-refractivity contribution in [2.24, 2.45) is 11.8 Å². The van der Waals surface area contributed by atoms with Crippen molar-refractivity contribution in [3.63, 3.8) is 0 Å². The minimum atomic E-state index is -0.340. The highest BCUT2D eigenvalue weighted by Crippen LogP contribution is 2.36. The number of ether oxygens (including phenoxy) is 1.